The number of ether oxygens (including phenoxy) is 2. The molecule has 1 amide bonds. The Morgan fingerprint density at radius 1 is 1.14 bits per heavy atom. The third kappa shape index (κ3) is 4.14. The van der Waals surface area contributed by atoms with Crippen molar-refractivity contribution in [3.63, 3.8) is 0 Å². The van der Waals surface area contributed by atoms with E-state index in [1.807, 2.05) is 48.3 Å². The van der Waals surface area contributed by atoms with Crippen molar-refractivity contribution in [2.24, 2.45) is 0 Å². The zero-order valence-corrected chi connectivity index (χ0v) is 16.4. The molecule has 0 saturated heterocycles. The van der Waals surface area contributed by atoms with Gasteiger partial charge in [-0.25, -0.2) is 0 Å². The smallest absolute Gasteiger partial charge is 0.260 e. The minimum Gasteiger partial charge on any atom is -0.486 e. The number of hydrogen-bond donors (Lipinski definition) is 1. The van der Waals surface area contributed by atoms with Crippen LogP contribution in [-0.2, 0) is 11.3 Å². The van der Waals surface area contributed by atoms with Crippen LogP contribution in [0.1, 0.15) is 31.2 Å². The van der Waals surface area contributed by atoms with Gasteiger partial charge in [0.2, 0.25) is 0 Å². The highest BCUT2D eigenvalue weighted by atomic mass is 16.5. The standard InChI is InChI=1S/C23H28N2O3/c1-25(22(26)16-27-20-8-3-2-4-9-20)19-11-13-23(14-12-19)17-24-15-18-7-5-6-10-21(18)28-23/h2-10,19,24H,11-17H2,1H3. The van der Waals surface area contributed by atoms with E-state index < -0.39 is 0 Å². The maximum absolute atomic E-state index is 12.6. The van der Waals surface area contributed by atoms with Crippen LogP contribution < -0.4 is 14.8 Å². The molecule has 0 atom stereocenters. The Morgan fingerprint density at radius 2 is 1.86 bits per heavy atom. The second-order valence-electron chi connectivity index (χ2n) is 7.83. The highest BCUT2D eigenvalue weighted by Crippen LogP contribution is 2.37. The quantitative estimate of drug-likeness (QED) is 0.883. The van der Waals surface area contributed by atoms with E-state index in [1.54, 1.807) is 0 Å². The number of para-hydroxylation sites is 2. The number of rotatable bonds is 4. The van der Waals surface area contributed by atoms with Gasteiger partial charge in [-0.3, -0.25) is 4.79 Å². The van der Waals surface area contributed by atoms with E-state index in [-0.39, 0.29) is 24.2 Å². The van der Waals surface area contributed by atoms with Crippen molar-refractivity contribution in [1.29, 1.82) is 0 Å². The summed E-state index contributed by atoms with van der Waals surface area (Å²) in [7, 11) is 1.89. The van der Waals surface area contributed by atoms with Crippen molar-refractivity contribution in [1.82, 2.24) is 10.2 Å². The molecule has 0 bridgehead atoms. The van der Waals surface area contributed by atoms with E-state index >= 15 is 0 Å². The molecular weight excluding hydrogens is 352 g/mol. The second-order valence-corrected chi connectivity index (χ2v) is 7.83. The number of fused-ring (bicyclic) bond motifs is 1. The summed E-state index contributed by atoms with van der Waals surface area (Å²) < 4.78 is 12.1. The highest BCUT2D eigenvalue weighted by molar-refractivity contribution is 5.77. The summed E-state index contributed by atoms with van der Waals surface area (Å²) in [6.07, 6.45) is 3.77. The largest absolute Gasteiger partial charge is 0.486 e. The number of carbonyl (C=O) groups excluding carboxylic acids is 1. The van der Waals surface area contributed by atoms with Crippen molar-refractivity contribution in [2.45, 2.75) is 43.9 Å². The summed E-state index contributed by atoms with van der Waals surface area (Å²) in [5, 5.41) is 3.54. The second kappa shape index (κ2) is 8.23. The molecule has 28 heavy (non-hydrogen) atoms. The summed E-state index contributed by atoms with van der Waals surface area (Å²) in [6, 6.07) is 18.0. The van der Waals surface area contributed by atoms with Gasteiger partial charge in [0.05, 0.1) is 0 Å². The van der Waals surface area contributed by atoms with Gasteiger partial charge in [-0.2, -0.15) is 0 Å². The first-order chi connectivity index (χ1) is 13.7. The first-order valence-corrected chi connectivity index (χ1v) is 10.1. The van der Waals surface area contributed by atoms with Gasteiger partial charge in [0.1, 0.15) is 17.1 Å². The fraction of sp³-hybridized carbons (Fsp3) is 0.435. The number of hydrogen-bond acceptors (Lipinski definition) is 4. The van der Waals surface area contributed by atoms with Crippen molar-refractivity contribution >= 4 is 5.91 Å². The van der Waals surface area contributed by atoms with Gasteiger partial charge in [0.25, 0.3) is 5.91 Å². The van der Waals surface area contributed by atoms with Gasteiger partial charge < -0.3 is 19.7 Å². The van der Waals surface area contributed by atoms with Gasteiger partial charge in [0, 0.05) is 31.7 Å². The average Bonchev–Trinajstić information content (AvgIpc) is 2.92. The molecule has 1 fully saturated rings. The third-order valence-corrected chi connectivity index (χ3v) is 5.97. The van der Waals surface area contributed by atoms with Crippen LogP contribution in [0.2, 0.25) is 0 Å². The van der Waals surface area contributed by atoms with Crippen LogP contribution in [0.5, 0.6) is 11.5 Å². The fourth-order valence-corrected chi connectivity index (χ4v) is 4.21. The Balaban J connectivity index is 1.32. The van der Waals surface area contributed by atoms with Crippen LogP contribution in [0.15, 0.2) is 54.6 Å². The topological polar surface area (TPSA) is 50.8 Å². The van der Waals surface area contributed by atoms with E-state index in [0.29, 0.717) is 0 Å². The van der Waals surface area contributed by atoms with Crippen LogP contribution >= 0.6 is 0 Å². The van der Waals surface area contributed by atoms with Gasteiger partial charge in [-0.05, 0) is 43.9 Å². The van der Waals surface area contributed by atoms with E-state index in [1.165, 1.54) is 5.56 Å². The number of nitrogens with zero attached hydrogens (tertiary/aromatic N) is 1. The van der Waals surface area contributed by atoms with Crippen molar-refractivity contribution in [3.8, 4) is 11.5 Å². The lowest BCUT2D eigenvalue weighted by Gasteiger charge is -2.42. The predicted octanol–water partition coefficient (Wildman–Crippen LogP) is 3.39. The molecule has 148 valence electrons. The summed E-state index contributed by atoms with van der Waals surface area (Å²) in [4.78, 5) is 14.4. The molecule has 1 aliphatic carbocycles. The first-order valence-electron chi connectivity index (χ1n) is 10.1. The molecule has 1 saturated carbocycles. The molecule has 2 aromatic rings. The van der Waals surface area contributed by atoms with Gasteiger partial charge in [-0.15, -0.1) is 0 Å². The van der Waals surface area contributed by atoms with E-state index in [4.69, 9.17) is 9.47 Å². The molecule has 2 aliphatic rings. The maximum Gasteiger partial charge on any atom is 0.260 e. The Bertz CT molecular complexity index is 801. The van der Waals surface area contributed by atoms with Crippen molar-refractivity contribution in [2.75, 3.05) is 20.2 Å². The van der Waals surface area contributed by atoms with E-state index in [2.05, 4.69) is 23.5 Å². The normalized spacial score (nSPS) is 24.0. The lowest BCUT2D eigenvalue weighted by atomic mass is 9.81. The molecule has 1 heterocycles. The van der Waals surface area contributed by atoms with Gasteiger partial charge in [-0.1, -0.05) is 36.4 Å². The molecule has 1 aliphatic heterocycles. The molecule has 1 spiro atoms. The average molecular weight is 380 g/mol. The van der Waals surface area contributed by atoms with Crippen LogP contribution in [0, 0.1) is 0 Å². The minimum atomic E-state index is -0.173. The monoisotopic (exact) mass is 380 g/mol. The van der Waals surface area contributed by atoms with Crippen LogP contribution in [-0.4, -0.2) is 42.6 Å². The number of benzene rings is 2. The molecular formula is C23H28N2O3. The Morgan fingerprint density at radius 3 is 2.64 bits per heavy atom. The number of carbonyl (C=O) groups is 1. The minimum absolute atomic E-state index is 0.0232. The fourth-order valence-electron chi connectivity index (χ4n) is 4.21. The van der Waals surface area contributed by atoms with E-state index in [9.17, 15) is 4.79 Å². The Labute approximate surface area is 166 Å². The SMILES string of the molecule is CN(C(=O)COc1ccccc1)C1CCC2(CC1)CNCc1ccccc1O2. The summed E-state index contributed by atoms with van der Waals surface area (Å²) in [5.74, 6) is 1.74. The molecule has 2 aromatic carbocycles. The van der Waals surface area contributed by atoms with Gasteiger partial charge in [0.15, 0.2) is 6.61 Å². The van der Waals surface area contributed by atoms with Crippen LogP contribution in [0.3, 0.4) is 0 Å². The van der Waals surface area contributed by atoms with Crippen LogP contribution in [0.4, 0.5) is 0 Å². The first kappa shape index (κ1) is 18.8. The summed E-state index contributed by atoms with van der Waals surface area (Å²) in [5.41, 5.74) is 1.04. The number of nitrogens with one attached hydrogen (secondary N) is 1. The summed E-state index contributed by atoms with van der Waals surface area (Å²) >= 11 is 0. The van der Waals surface area contributed by atoms with Gasteiger partial charge >= 0.3 is 0 Å². The molecule has 0 aromatic heterocycles. The molecule has 0 radical (unpaired) electrons. The molecule has 5 heteroatoms. The number of amides is 1. The van der Waals surface area contributed by atoms with Crippen molar-refractivity contribution in [3.05, 3.63) is 60.2 Å². The number of likely N-dealkylation sites (N-methyl/N-ethyl adjacent to an activating group) is 1. The Kier molecular flexibility index (Phi) is 5.53. The molecule has 0 unspecified atom stereocenters. The van der Waals surface area contributed by atoms with E-state index in [0.717, 1.165) is 50.3 Å². The Hall–Kier alpha value is -2.53. The molecule has 1 N–H and O–H groups in total. The molecule has 4 rings (SSSR count). The lowest BCUT2D eigenvalue weighted by molar-refractivity contribution is -0.135. The maximum atomic E-state index is 12.6. The molecule has 5 nitrogen and oxygen atoms in total. The highest BCUT2D eigenvalue weighted by Gasteiger charge is 2.40. The van der Waals surface area contributed by atoms with Crippen molar-refractivity contribution < 1.29 is 14.3 Å². The lowest BCUT2D eigenvalue weighted by Crippen LogP contribution is -2.51. The zero-order chi connectivity index (χ0) is 19.4. The predicted molar refractivity (Wildman–Crippen MR) is 108 cm³/mol. The van der Waals surface area contributed by atoms with Crippen LogP contribution in [0.25, 0.3) is 0 Å². The zero-order valence-electron chi connectivity index (χ0n) is 16.4. The summed E-state index contributed by atoms with van der Waals surface area (Å²) in [6.45, 7) is 1.77. The third-order valence-electron chi connectivity index (χ3n) is 5.97.